The molecule has 1 rings (SSSR count). The quantitative estimate of drug-likeness (QED) is 0.523. The Kier molecular flexibility index (Phi) is 1.39. The van der Waals surface area contributed by atoms with E-state index in [-0.39, 0.29) is 12.3 Å². The molecule has 1 aliphatic heterocycles. The largest absolute Gasteiger partial charge is 0.481 e. The molecule has 1 fully saturated rings. The number of nitrogens with one attached hydrogen (secondary N) is 1. The Hall–Kier alpha value is -1.06. The summed E-state index contributed by atoms with van der Waals surface area (Å²) in [6, 6.07) is 0. The minimum Gasteiger partial charge on any atom is -0.481 e. The predicted octanol–water partition coefficient (Wildman–Crippen LogP) is -0.260. The van der Waals surface area contributed by atoms with E-state index in [1.54, 1.807) is 6.92 Å². The lowest BCUT2D eigenvalue weighted by atomic mass is 9.86. The van der Waals surface area contributed by atoms with Crippen LogP contribution in [0, 0.1) is 0 Å². The summed E-state index contributed by atoms with van der Waals surface area (Å²) < 4.78 is 0. The van der Waals surface area contributed by atoms with Crippen LogP contribution >= 0.6 is 0 Å². The number of carboxylic acids is 1. The Morgan fingerprint density at radius 3 is 2.70 bits per heavy atom. The normalized spacial score (nSPS) is 30.7. The minimum atomic E-state index is -0.873. The van der Waals surface area contributed by atoms with E-state index in [9.17, 15) is 9.59 Å². The first kappa shape index (κ1) is 7.05. The van der Waals surface area contributed by atoms with Gasteiger partial charge in [0.15, 0.2) is 0 Å². The molecule has 1 unspecified atom stereocenters. The predicted molar refractivity (Wildman–Crippen MR) is 33.4 cm³/mol. The maximum absolute atomic E-state index is 10.4. The first-order chi connectivity index (χ1) is 4.52. The first-order valence-corrected chi connectivity index (χ1v) is 3.05. The van der Waals surface area contributed by atoms with Crippen LogP contribution in [0.4, 0.5) is 0 Å². The maximum atomic E-state index is 10.4. The van der Waals surface area contributed by atoms with Gasteiger partial charge in [-0.1, -0.05) is 0 Å². The van der Waals surface area contributed by atoms with Gasteiger partial charge in [0.25, 0.3) is 0 Å². The Morgan fingerprint density at radius 1 is 1.90 bits per heavy atom. The van der Waals surface area contributed by atoms with Crippen LogP contribution in [0.2, 0.25) is 0 Å². The lowest BCUT2D eigenvalue weighted by molar-refractivity contribution is -0.142. The average molecular weight is 143 g/mol. The van der Waals surface area contributed by atoms with Crippen molar-refractivity contribution in [3.63, 3.8) is 0 Å². The molecule has 0 bridgehead atoms. The summed E-state index contributed by atoms with van der Waals surface area (Å²) in [5, 5.41) is 10.9. The molecule has 0 aromatic carbocycles. The lowest BCUT2D eigenvalue weighted by Gasteiger charge is -2.37. The van der Waals surface area contributed by atoms with Crippen LogP contribution in [0.25, 0.3) is 0 Å². The molecule has 1 atom stereocenters. The number of carboxylic acid groups (broad SMARTS) is 1. The fraction of sp³-hybridized carbons (Fsp3) is 0.667. The first-order valence-electron chi connectivity index (χ1n) is 3.05. The van der Waals surface area contributed by atoms with Crippen molar-refractivity contribution in [1.29, 1.82) is 0 Å². The molecule has 0 spiro atoms. The van der Waals surface area contributed by atoms with E-state index in [1.165, 1.54) is 0 Å². The number of hydrogen-bond acceptors (Lipinski definition) is 2. The van der Waals surface area contributed by atoms with Crippen LogP contribution < -0.4 is 5.32 Å². The van der Waals surface area contributed by atoms with Crippen molar-refractivity contribution in [3.05, 3.63) is 0 Å². The van der Waals surface area contributed by atoms with E-state index < -0.39 is 11.5 Å². The van der Waals surface area contributed by atoms with Crippen LogP contribution in [0.3, 0.4) is 0 Å². The van der Waals surface area contributed by atoms with Crippen LogP contribution in [0.15, 0.2) is 0 Å². The van der Waals surface area contributed by atoms with E-state index in [2.05, 4.69) is 5.32 Å². The SMILES string of the molecule is CC1(CC(=O)O)CC(=O)N1. The molecule has 4 nitrogen and oxygen atoms in total. The van der Waals surface area contributed by atoms with Crippen molar-refractivity contribution >= 4 is 11.9 Å². The molecule has 0 aliphatic carbocycles. The average Bonchev–Trinajstić information content (AvgIpc) is 1.57. The fourth-order valence-corrected chi connectivity index (χ4v) is 1.11. The summed E-state index contributed by atoms with van der Waals surface area (Å²) in [5.41, 5.74) is -0.483. The number of carbonyl (C=O) groups is 2. The Labute approximate surface area is 58.2 Å². The molecule has 1 amide bonds. The van der Waals surface area contributed by atoms with Crippen LogP contribution in [-0.2, 0) is 9.59 Å². The van der Waals surface area contributed by atoms with Gasteiger partial charge in [-0.2, -0.15) is 0 Å². The highest BCUT2D eigenvalue weighted by molar-refractivity contribution is 5.86. The second kappa shape index (κ2) is 1.97. The van der Waals surface area contributed by atoms with Gasteiger partial charge in [-0.05, 0) is 6.92 Å². The highest BCUT2D eigenvalue weighted by atomic mass is 16.4. The van der Waals surface area contributed by atoms with Crippen LogP contribution in [-0.4, -0.2) is 22.5 Å². The van der Waals surface area contributed by atoms with E-state index in [0.717, 1.165) is 0 Å². The third-order valence-electron chi connectivity index (χ3n) is 1.53. The third kappa shape index (κ3) is 1.26. The monoisotopic (exact) mass is 143 g/mol. The molecule has 4 heteroatoms. The molecular formula is C6H9NO3. The Morgan fingerprint density at radius 2 is 2.40 bits per heavy atom. The smallest absolute Gasteiger partial charge is 0.305 e. The topological polar surface area (TPSA) is 66.4 Å². The molecule has 2 N–H and O–H groups in total. The minimum absolute atomic E-state index is 0.0126. The van der Waals surface area contributed by atoms with Crippen molar-refractivity contribution < 1.29 is 14.7 Å². The number of hydrogen-bond donors (Lipinski definition) is 2. The summed E-state index contributed by atoms with van der Waals surface area (Å²) in [6.45, 7) is 1.72. The van der Waals surface area contributed by atoms with Gasteiger partial charge in [0.2, 0.25) is 5.91 Å². The van der Waals surface area contributed by atoms with E-state index in [0.29, 0.717) is 6.42 Å². The van der Waals surface area contributed by atoms with Gasteiger partial charge in [-0.3, -0.25) is 9.59 Å². The van der Waals surface area contributed by atoms with Gasteiger partial charge in [-0.25, -0.2) is 0 Å². The summed E-state index contributed by atoms with van der Waals surface area (Å²) >= 11 is 0. The maximum Gasteiger partial charge on any atom is 0.305 e. The summed E-state index contributed by atoms with van der Waals surface area (Å²) in [4.78, 5) is 20.6. The van der Waals surface area contributed by atoms with Gasteiger partial charge in [0.1, 0.15) is 0 Å². The zero-order valence-electron chi connectivity index (χ0n) is 5.68. The molecule has 0 saturated carbocycles. The van der Waals surface area contributed by atoms with Gasteiger partial charge in [-0.15, -0.1) is 0 Å². The van der Waals surface area contributed by atoms with Crippen LogP contribution in [0.1, 0.15) is 19.8 Å². The summed E-state index contributed by atoms with van der Waals surface area (Å²) in [5.74, 6) is -0.939. The van der Waals surface area contributed by atoms with Gasteiger partial charge < -0.3 is 10.4 Å². The molecule has 1 aliphatic rings. The zero-order valence-corrected chi connectivity index (χ0v) is 5.68. The molecule has 10 heavy (non-hydrogen) atoms. The van der Waals surface area contributed by atoms with E-state index in [4.69, 9.17) is 5.11 Å². The van der Waals surface area contributed by atoms with Crippen molar-refractivity contribution in [2.45, 2.75) is 25.3 Å². The Bertz CT molecular complexity index is 179. The van der Waals surface area contributed by atoms with Crippen molar-refractivity contribution in [2.24, 2.45) is 0 Å². The number of carbonyl (C=O) groups excluding carboxylic acids is 1. The number of β-lactam (4-membered cyclic amide) rings is 1. The molecule has 0 aromatic rings. The molecule has 1 saturated heterocycles. The van der Waals surface area contributed by atoms with Gasteiger partial charge >= 0.3 is 5.97 Å². The highest BCUT2D eigenvalue weighted by Crippen LogP contribution is 2.22. The van der Waals surface area contributed by atoms with E-state index >= 15 is 0 Å². The molecular weight excluding hydrogens is 134 g/mol. The summed E-state index contributed by atoms with van der Waals surface area (Å²) in [6.07, 6.45) is 0.345. The lowest BCUT2D eigenvalue weighted by Crippen LogP contribution is -2.59. The third-order valence-corrected chi connectivity index (χ3v) is 1.53. The van der Waals surface area contributed by atoms with Gasteiger partial charge in [0, 0.05) is 6.42 Å². The molecule has 0 aromatic heterocycles. The highest BCUT2D eigenvalue weighted by Gasteiger charge is 2.39. The van der Waals surface area contributed by atoms with E-state index in [1.807, 2.05) is 0 Å². The van der Waals surface area contributed by atoms with Crippen molar-refractivity contribution in [2.75, 3.05) is 0 Å². The van der Waals surface area contributed by atoms with Gasteiger partial charge in [0.05, 0.1) is 12.0 Å². The molecule has 0 radical (unpaired) electrons. The number of amides is 1. The standard InChI is InChI=1S/C6H9NO3/c1-6(3-5(9)10)2-4(8)7-6/h2-3H2,1H3,(H,7,8)(H,9,10). The second-order valence-corrected chi connectivity index (χ2v) is 2.86. The van der Waals surface area contributed by atoms with Crippen molar-refractivity contribution in [1.82, 2.24) is 5.32 Å². The zero-order chi connectivity index (χ0) is 7.78. The fourth-order valence-electron chi connectivity index (χ4n) is 1.11. The van der Waals surface area contributed by atoms with Crippen LogP contribution in [0.5, 0.6) is 0 Å². The second-order valence-electron chi connectivity index (χ2n) is 2.86. The molecule has 56 valence electrons. The number of aliphatic carboxylic acids is 1. The van der Waals surface area contributed by atoms with Crippen molar-refractivity contribution in [3.8, 4) is 0 Å². The molecule has 1 heterocycles. The Balaban J connectivity index is 2.41. The summed E-state index contributed by atoms with van der Waals surface area (Å²) in [7, 11) is 0. The number of rotatable bonds is 2.